The first-order valence-corrected chi connectivity index (χ1v) is 12.7. The van der Waals surface area contributed by atoms with Gasteiger partial charge in [0.05, 0.1) is 16.4 Å². The molecule has 36 heavy (non-hydrogen) atoms. The molecule has 2 aromatic heterocycles. The molecule has 2 N–H and O–H groups in total. The van der Waals surface area contributed by atoms with Gasteiger partial charge >= 0.3 is 0 Å². The van der Waals surface area contributed by atoms with Gasteiger partial charge in [0.2, 0.25) is 0 Å². The fourth-order valence-corrected chi connectivity index (χ4v) is 4.56. The Hall–Kier alpha value is -3.97. The lowest BCUT2D eigenvalue weighted by molar-refractivity contribution is 0.0954. The molecule has 0 atom stereocenters. The van der Waals surface area contributed by atoms with Crippen LogP contribution in [0.3, 0.4) is 0 Å². The van der Waals surface area contributed by atoms with E-state index in [0.29, 0.717) is 18.7 Å². The number of halogens is 1. The number of nitrogens with zero attached hydrogens (tertiary/aromatic N) is 3. The minimum atomic E-state index is -0.0707. The van der Waals surface area contributed by atoms with Gasteiger partial charge in [-0.2, -0.15) is 9.61 Å². The van der Waals surface area contributed by atoms with Crippen molar-refractivity contribution in [2.24, 2.45) is 0 Å². The number of fused-ring (bicyclic) bond motifs is 1. The van der Waals surface area contributed by atoms with Crippen molar-refractivity contribution < 1.29 is 4.79 Å². The number of hydrogen-bond acceptors (Lipinski definition) is 4. The number of amides is 1. The minimum Gasteiger partial charge on any atom is -0.370 e. The summed E-state index contributed by atoms with van der Waals surface area (Å²) in [6.07, 6.45) is 2.50. The molecule has 7 heteroatoms. The molecule has 0 spiro atoms. The Morgan fingerprint density at radius 1 is 0.917 bits per heavy atom. The summed E-state index contributed by atoms with van der Waals surface area (Å²) >= 11 is 3.56. The number of rotatable bonds is 8. The predicted octanol–water partition coefficient (Wildman–Crippen LogP) is 6.37. The Balaban J connectivity index is 1.25. The summed E-state index contributed by atoms with van der Waals surface area (Å²) in [6.45, 7) is 3.30. The van der Waals surface area contributed by atoms with Crippen molar-refractivity contribution >= 4 is 33.3 Å². The van der Waals surface area contributed by atoms with Gasteiger partial charge < -0.3 is 10.6 Å². The van der Waals surface area contributed by atoms with Crippen molar-refractivity contribution in [3.8, 4) is 22.4 Å². The number of nitrogens with one attached hydrogen (secondary N) is 2. The maximum atomic E-state index is 12.9. The fraction of sp³-hybridized carbons (Fsp3) is 0.138. The second-order valence-electron chi connectivity index (χ2n) is 8.52. The molecule has 1 amide bonds. The fourth-order valence-electron chi connectivity index (χ4n) is 4.21. The molecule has 0 saturated heterocycles. The molecule has 0 aliphatic rings. The highest BCUT2D eigenvalue weighted by molar-refractivity contribution is 9.10. The first-order chi connectivity index (χ1) is 17.6. The molecule has 5 aromatic rings. The number of aryl methyl sites for hydroxylation is 1. The minimum absolute atomic E-state index is 0.0707. The average Bonchev–Trinajstić information content (AvgIpc) is 3.29. The van der Waals surface area contributed by atoms with Gasteiger partial charge in [0, 0.05) is 30.3 Å². The molecule has 0 fully saturated rings. The number of carbonyl (C=O) groups excluding carboxylic acids is 1. The van der Waals surface area contributed by atoms with Gasteiger partial charge in [-0.3, -0.25) is 4.79 Å². The van der Waals surface area contributed by atoms with Crippen LogP contribution in [-0.2, 0) is 0 Å². The van der Waals surface area contributed by atoms with E-state index in [1.54, 1.807) is 10.7 Å². The summed E-state index contributed by atoms with van der Waals surface area (Å²) in [4.78, 5) is 17.7. The van der Waals surface area contributed by atoms with Crippen molar-refractivity contribution in [2.45, 2.75) is 13.3 Å². The van der Waals surface area contributed by atoms with Crippen LogP contribution in [0.15, 0.2) is 95.6 Å². The van der Waals surface area contributed by atoms with Gasteiger partial charge in [0.15, 0.2) is 5.65 Å². The summed E-state index contributed by atoms with van der Waals surface area (Å²) < 4.78 is 2.63. The SMILES string of the molecule is Cc1ccccc1-c1cc(NCCCNC(=O)c2ccccc2-c2ccccc2)n2ncc(Br)c2n1. The summed E-state index contributed by atoms with van der Waals surface area (Å²) in [5.41, 5.74) is 6.52. The van der Waals surface area contributed by atoms with Crippen LogP contribution in [0.25, 0.3) is 28.0 Å². The molecule has 0 aliphatic carbocycles. The predicted molar refractivity (Wildman–Crippen MR) is 148 cm³/mol. The third-order valence-corrected chi connectivity index (χ3v) is 6.61. The number of hydrogen-bond donors (Lipinski definition) is 2. The van der Waals surface area contributed by atoms with Gasteiger partial charge in [-0.15, -0.1) is 0 Å². The van der Waals surface area contributed by atoms with Gasteiger partial charge in [-0.05, 0) is 52.0 Å². The summed E-state index contributed by atoms with van der Waals surface area (Å²) in [7, 11) is 0. The number of anilines is 1. The van der Waals surface area contributed by atoms with E-state index in [-0.39, 0.29) is 5.91 Å². The molecule has 2 heterocycles. The Morgan fingerprint density at radius 3 is 2.44 bits per heavy atom. The highest BCUT2D eigenvalue weighted by Crippen LogP contribution is 2.28. The maximum absolute atomic E-state index is 12.9. The van der Waals surface area contributed by atoms with E-state index < -0.39 is 0 Å². The van der Waals surface area contributed by atoms with E-state index in [1.165, 1.54) is 0 Å². The standard InChI is InChI=1S/C29H26BrN5O/c1-20-10-5-6-13-22(20)26-18-27(35-28(34-26)25(30)19-33-35)31-16-9-17-32-29(36)24-15-8-7-14-23(24)21-11-3-2-4-12-21/h2-8,10-15,18-19,31H,9,16-17H2,1H3,(H,32,36). The molecule has 180 valence electrons. The van der Waals surface area contributed by atoms with Gasteiger partial charge in [-0.1, -0.05) is 72.8 Å². The monoisotopic (exact) mass is 539 g/mol. The van der Waals surface area contributed by atoms with Crippen molar-refractivity contribution in [1.29, 1.82) is 0 Å². The average molecular weight is 540 g/mol. The molecule has 0 radical (unpaired) electrons. The first-order valence-electron chi connectivity index (χ1n) is 11.9. The van der Waals surface area contributed by atoms with Crippen LogP contribution in [0.2, 0.25) is 0 Å². The third kappa shape index (κ3) is 5.02. The number of aromatic nitrogens is 3. The number of benzene rings is 3. The van der Waals surface area contributed by atoms with Crippen LogP contribution in [0, 0.1) is 6.92 Å². The maximum Gasteiger partial charge on any atom is 0.251 e. The van der Waals surface area contributed by atoms with Crippen molar-refractivity contribution in [3.05, 3.63) is 107 Å². The Labute approximate surface area is 218 Å². The molecule has 3 aromatic carbocycles. The van der Waals surface area contributed by atoms with Gasteiger partial charge in [0.1, 0.15) is 5.82 Å². The Bertz CT molecular complexity index is 1510. The molecular weight excluding hydrogens is 514 g/mol. The largest absolute Gasteiger partial charge is 0.370 e. The van der Waals surface area contributed by atoms with Crippen molar-refractivity contribution in [3.63, 3.8) is 0 Å². The Morgan fingerprint density at radius 2 is 1.64 bits per heavy atom. The van der Waals surface area contributed by atoms with Crippen molar-refractivity contribution in [2.75, 3.05) is 18.4 Å². The summed E-state index contributed by atoms with van der Waals surface area (Å²) in [5, 5.41) is 11.0. The molecule has 5 rings (SSSR count). The second kappa shape index (κ2) is 10.7. The lowest BCUT2D eigenvalue weighted by atomic mass is 9.99. The van der Waals surface area contributed by atoms with E-state index >= 15 is 0 Å². The van der Waals surface area contributed by atoms with Crippen LogP contribution in [0.1, 0.15) is 22.3 Å². The van der Waals surface area contributed by atoms with E-state index in [0.717, 1.165) is 50.3 Å². The van der Waals surface area contributed by atoms with Crippen LogP contribution in [0.4, 0.5) is 5.82 Å². The zero-order valence-corrected chi connectivity index (χ0v) is 21.5. The molecule has 0 bridgehead atoms. The zero-order valence-electron chi connectivity index (χ0n) is 19.9. The second-order valence-corrected chi connectivity index (χ2v) is 9.37. The van der Waals surface area contributed by atoms with Crippen LogP contribution < -0.4 is 10.6 Å². The van der Waals surface area contributed by atoms with E-state index in [9.17, 15) is 4.79 Å². The summed E-state index contributed by atoms with van der Waals surface area (Å²) in [6, 6.07) is 27.9. The zero-order chi connectivity index (χ0) is 24.9. The highest BCUT2D eigenvalue weighted by atomic mass is 79.9. The van der Waals surface area contributed by atoms with E-state index in [4.69, 9.17) is 4.98 Å². The highest BCUT2D eigenvalue weighted by Gasteiger charge is 2.14. The van der Waals surface area contributed by atoms with E-state index in [2.05, 4.69) is 50.7 Å². The molecule has 0 unspecified atom stereocenters. The topological polar surface area (TPSA) is 71.3 Å². The quantitative estimate of drug-likeness (QED) is 0.225. The first kappa shape index (κ1) is 23.8. The number of carbonyl (C=O) groups is 1. The van der Waals surface area contributed by atoms with Crippen LogP contribution in [0.5, 0.6) is 0 Å². The summed E-state index contributed by atoms with van der Waals surface area (Å²) in [5.74, 6) is 0.781. The van der Waals surface area contributed by atoms with E-state index in [1.807, 2.05) is 72.8 Å². The Kier molecular flexibility index (Phi) is 7.09. The molecular formula is C29H26BrN5O. The van der Waals surface area contributed by atoms with Crippen LogP contribution >= 0.6 is 15.9 Å². The van der Waals surface area contributed by atoms with Crippen LogP contribution in [-0.4, -0.2) is 33.6 Å². The lowest BCUT2D eigenvalue weighted by Crippen LogP contribution is -2.26. The normalized spacial score (nSPS) is 10.9. The molecule has 0 saturated carbocycles. The van der Waals surface area contributed by atoms with Gasteiger partial charge in [-0.25, -0.2) is 4.98 Å². The van der Waals surface area contributed by atoms with Gasteiger partial charge in [0.25, 0.3) is 5.91 Å². The molecule has 6 nitrogen and oxygen atoms in total. The van der Waals surface area contributed by atoms with Crippen molar-refractivity contribution in [1.82, 2.24) is 19.9 Å². The third-order valence-electron chi connectivity index (χ3n) is 6.05. The lowest BCUT2D eigenvalue weighted by Gasteiger charge is -2.13. The molecule has 0 aliphatic heterocycles. The smallest absolute Gasteiger partial charge is 0.251 e.